The monoisotopic (exact) mass is 328 g/mol. The zero-order valence-corrected chi connectivity index (χ0v) is 15.6. The van der Waals surface area contributed by atoms with Gasteiger partial charge in [0.1, 0.15) is 0 Å². The van der Waals surface area contributed by atoms with Crippen LogP contribution in [0, 0.1) is 0 Å². The maximum absolute atomic E-state index is 4.07. The van der Waals surface area contributed by atoms with Crippen molar-refractivity contribution in [2.45, 2.75) is 33.1 Å². The third-order valence-electron chi connectivity index (χ3n) is 4.58. The molecule has 0 atom stereocenters. The fourth-order valence-electron chi connectivity index (χ4n) is 2.58. The molecule has 0 heteroatoms. The average molecular weight is 328 g/mol. The minimum Gasteiger partial charge on any atom is -0.0959 e. The summed E-state index contributed by atoms with van der Waals surface area (Å²) in [6, 6.07) is 17.5. The van der Waals surface area contributed by atoms with Gasteiger partial charge in [0.05, 0.1) is 0 Å². The molecule has 0 heterocycles. The van der Waals surface area contributed by atoms with E-state index in [0.29, 0.717) is 0 Å². The lowest BCUT2D eigenvalue weighted by molar-refractivity contribution is 0.953. The first kappa shape index (κ1) is 18.7. The Morgan fingerprint density at radius 2 is 1.08 bits per heavy atom. The maximum Gasteiger partial charge on any atom is -0.00292 e. The van der Waals surface area contributed by atoms with Crippen LogP contribution in [0.2, 0.25) is 0 Å². The molecule has 0 aromatic heterocycles. The Balaban J connectivity index is 2.02. The zero-order chi connectivity index (χ0) is 18.4. The number of aryl methyl sites for hydroxylation is 1. The lowest BCUT2D eigenvalue weighted by Gasteiger charge is -2.08. The Bertz CT molecular complexity index is 783. The topological polar surface area (TPSA) is 0 Å². The summed E-state index contributed by atoms with van der Waals surface area (Å²) in [5.41, 5.74) is 9.44. The van der Waals surface area contributed by atoms with Gasteiger partial charge in [0.15, 0.2) is 0 Å². The SMILES string of the molecule is C=C(C)C(=C)CCc1ccc(-c2ccc(CC(=C)C(=C)C)cc2)cc1. The van der Waals surface area contributed by atoms with Gasteiger partial charge in [-0.05, 0) is 60.9 Å². The number of allylic oxidation sites excluding steroid dienone is 4. The molecular formula is C25H28. The molecule has 0 radical (unpaired) electrons. The van der Waals surface area contributed by atoms with Gasteiger partial charge in [0, 0.05) is 0 Å². The Hall–Kier alpha value is -2.60. The Kier molecular flexibility index (Phi) is 6.36. The second-order valence-electron chi connectivity index (χ2n) is 6.84. The van der Waals surface area contributed by atoms with Crippen molar-refractivity contribution in [2.75, 3.05) is 0 Å². The standard InChI is InChI=1S/C25H28/c1-18(2)20(5)7-8-22-9-13-24(14-10-22)25-15-11-23(12-16-25)17-21(6)19(3)4/h9-16H,1,3,5-8,17H2,2,4H3. The van der Waals surface area contributed by atoms with Crippen molar-refractivity contribution in [3.05, 3.63) is 108 Å². The van der Waals surface area contributed by atoms with E-state index in [1.54, 1.807) is 0 Å². The molecule has 0 spiro atoms. The summed E-state index contributed by atoms with van der Waals surface area (Å²) in [4.78, 5) is 0. The molecule has 25 heavy (non-hydrogen) atoms. The fraction of sp³-hybridized carbons (Fsp3) is 0.200. The molecule has 2 rings (SSSR count). The minimum absolute atomic E-state index is 0.862. The van der Waals surface area contributed by atoms with E-state index in [1.165, 1.54) is 22.3 Å². The maximum atomic E-state index is 4.07. The van der Waals surface area contributed by atoms with Gasteiger partial charge in [-0.1, -0.05) is 91.6 Å². The Labute approximate surface area is 152 Å². The van der Waals surface area contributed by atoms with Crippen molar-refractivity contribution in [3.8, 4) is 11.1 Å². The average Bonchev–Trinajstić information content (AvgIpc) is 2.60. The Morgan fingerprint density at radius 3 is 1.52 bits per heavy atom. The summed E-state index contributed by atoms with van der Waals surface area (Å²) < 4.78 is 0. The fourth-order valence-corrected chi connectivity index (χ4v) is 2.58. The largest absolute Gasteiger partial charge is 0.0959 e. The van der Waals surface area contributed by atoms with E-state index in [4.69, 9.17) is 0 Å². The second-order valence-corrected chi connectivity index (χ2v) is 6.84. The number of benzene rings is 2. The van der Waals surface area contributed by atoms with Crippen molar-refractivity contribution in [2.24, 2.45) is 0 Å². The third-order valence-corrected chi connectivity index (χ3v) is 4.58. The Morgan fingerprint density at radius 1 is 0.640 bits per heavy atom. The summed E-state index contributed by atoms with van der Waals surface area (Å²) in [6.07, 6.45) is 2.84. The smallest absolute Gasteiger partial charge is 0.00292 e. The first-order valence-electron chi connectivity index (χ1n) is 8.72. The van der Waals surface area contributed by atoms with Crippen LogP contribution in [0.3, 0.4) is 0 Å². The quantitative estimate of drug-likeness (QED) is 0.454. The van der Waals surface area contributed by atoms with Crippen molar-refractivity contribution in [1.29, 1.82) is 0 Å². The van der Waals surface area contributed by atoms with E-state index in [1.807, 2.05) is 13.8 Å². The second kappa shape index (κ2) is 8.48. The van der Waals surface area contributed by atoms with Gasteiger partial charge in [0.25, 0.3) is 0 Å². The van der Waals surface area contributed by atoms with Crippen LogP contribution in [0.4, 0.5) is 0 Å². The predicted octanol–water partition coefficient (Wildman–Crippen LogP) is 7.09. The lowest BCUT2D eigenvalue weighted by atomic mass is 9.97. The van der Waals surface area contributed by atoms with Crippen LogP contribution >= 0.6 is 0 Å². The van der Waals surface area contributed by atoms with Crippen molar-refractivity contribution in [1.82, 2.24) is 0 Å². The molecule has 0 N–H and O–H groups in total. The van der Waals surface area contributed by atoms with E-state index in [2.05, 4.69) is 74.8 Å². The third kappa shape index (κ3) is 5.46. The van der Waals surface area contributed by atoms with E-state index in [-0.39, 0.29) is 0 Å². The van der Waals surface area contributed by atoms with Gasteiger partial charge in [-0.3, -0.25) is 0 Å². The molecule has 0 aliphatic carbocycles. The van der Waals surface area contributed by atoms with E-state index < -0.39 is 0 Å². The van der Waals surface area contributed by atoms with Gasteiger partial charge < -0.3 is 0 Å². The van der Waals surface area contributed by atoms with E-state index in [0.717, 1.165) is 41.6 Å². The molecule has 0 bridgehead atoms. The molecule has 0 aliphatic rings. The predicted molar refractivity (Wildman–Crippen MR) is 112 cm³/mol. The van der Waals surface area contributed by atoms with Crippen molar-refractivity contribution < 1.29 is 0 Å². The number of rotatable bonds is 8. The molecule has 128 valence electrons. The van der Waals surface area contributed by atoms with E-state index in [9.17, 15) is 0 Å². The highest BCUT2D eigenvalue weighted by atomic mass is 14.1. The number of hydrogen-bond donors (Lipinski definition) is 0. The zero-order valence-electron chi connectivity index (χ0n) is 15.6. The van der Waals surface area contributed by atoms with Crippen LogP contribution in [-0.2, 0) is 12.8 Å². The highest BCUT2D eigenvalue weighted by Crippen LogP contribution is 2.23. The van der Waals surface area contributed by atoms with Crippen LogP contribution in [-0.4, -0.2) is 0 Å². The summed E-state index contributed by atoms with van der Waals surface area (Å²) in [7, 11) is 0. The molecule has 0 fully saturated rings. The van der Waals surface area contributed by atoms with Crippen LogP contribution in [0.25, 0.3) is 11.1 Å². The lowest BCUT2D eigenvalue weighted by Crippen LogP contribution is -1.91. The molecule has 0 aliphatic heterocycles. The van der Waals surface area contributed by atoms with Gasteiger partial charge >= 0.3 is 0 Å². The molecule has 0 saturated heterocycles. The molecule has 0 nitrogen and oxygen atoms in total. The van der Waals surface area contributed by atoms with Crippen molar-refractivity contribution in [3.63, 3.8) is 0 Å². The molecule has 2 aromatic carbocycles. The van der Waals surface area contributed by atoms with Crippen LogP contribution in [0.5, 0.6) is 0 Å². The van der Waals surface area contributed by atoms with Gasteiger partial charge in [-0.2, -0.15) is 0 Å². The first-order valence-corrected chi connectivity index (χ1v) is 8.72. The van der Waals surface area contributed by atoms with Crippen molar-refractivity contribution >= 4 is 0 Å². The summed E-state index contributed by atoms with van der Waals surface area (Å²) in [5.74, 6) is 0. The minimum atomic E-state index is 0.862. The summed E-state index contributed by atoms with van der Waals surface area (Å²) >= 11 is 0. The molecule has 0 amide bonds. The number of hydrogen-bond acceptors (Lipinski definition) is 0. The summed E-state index contributed by atoms with van der Waals surface area (Å²) in [6.45, 7) is 20.0. The molecular weight excluding hydrogens is 300 g/mol. The molecule has 2 aromatic rings. The van der Waals surface area contributed by atoms with Crippen LogP contribution < -0.4 is 0 Å². The van der Waals surface area contributed by atoms with Gasteiger partial charge in [-0.15, -0.1) is 0 Å². The first-order chi connectivity index (χ1) is 11.9. The van der Waals surface area contributed by atoms with Gasteiger partial charge in [0.2, 0.25) is 0 Å². The summed E-state index contributed by atoms with van der Waals surface area (Å²) in [5, 5.41) is 0. The highest BCUT2D eigenvalue weighted by Gasteiger charge is 2.02. The highest BCUT2D eigenvalue weighted by molar-refractivity contribution is 5.64. The van der Waals surface area contributed by atoms with Crippen LogP contribution in [0.15, 0.2) is 97.1 Å². The van der Waals surface area contributed by atoms with E-state index >= 15 is 0 Å². The van der Waals surface area contributed by atoms with Gasteiger partial charge in [-0.25, -0.2) is 0 Å². The molecule has 0 saturated carbocycles. The molecule has 0 unspecified atom stereocenters. The normalized spacial score (nSPS) is 10.3. The van der Waals surface area contributed by atoms with Crippen LogP contribution in [0.1, 0.15) is 31.4 Å².